The zero-order valence-corrected chi connectivity index (χ0v) is 14.0. The van der Waals surface area contributed by atoms with Crippen molar-refractivity contribution in [2.45, 2.75) is 19.8 Å². The average molecular weight is 339 g/mol. The molecule has 0 aliphatic carbocycles. The molecule has 1 unspecified atom stereocenters. The number of anilines is 1. The van der Waals surface area contributed by atoms with Crippen LogP contribution < -0.4 is 10.6 Å². The first-order valence-electron chi connectivity index (χ1n) is 7.12. The third kappa shape index (κ3) is 4.25. The second-order valence-corrected chi connectivity index (χ2v) is 6.11. The smallest absolute Gasteiger partial charge is 0.257 e. The number of hydrogen-bond acceptors (Lipinski definition) is 5. The molecule has 5 nitrogen and oxygen atoms in total. The number of hydrogen-bond donors (Lipinski definition) is 2. The van der Waals surface area contributed by atoms with E-state index in [-0.39, 0.29) is 18.3 Å². The van der Waals surface area contributed by atoms with Gasteiger partial charge in [-0.05, 0) is 56.5 Å². The minimum atomic E-state index is -0.139. The van der Waals surface area contributed by atoms with Crippen LogP contribution in [-0.2, 0) is 6.42 Å². The van der Waals surface area contributed by atoms with Gasteiger partial charge in [-0.15, -0.1) is 12.4 Å². The number of aryl methyl sites for hydroxylation is 1. The second kappa shape index (κ2) is 7.67. The van der Waals surface area contributed by atoms with E-state index in [0.29, 0.717) is 22.4 Å². The van der Waals surface area contributed by atoms with E-state index in [1.807, 2.05) is 24.3 Å². The van der Waals surface area contributed by atoms with Crippen LogP contribution in [0.4, 0.5) is 5.13 Å². The zero-order valence-electron chi connectivity index (χ0n) is 12.3. The normalized spacial score (nSPS) is 17.0. The predicted octanol–water partition coefficient (Wildman–Crippen LogP) is 2.67. The summed E-state index contributed by atoms with van der Waals surface area (Å²) in [5.41, 5.74) is 1.93. The Hall–Kier alpha value is -1.50. The Morgan fingerprint density at radius 2 is 2.18 bits per heavy atom. The van der Waals surface area contributed by atoms with E-state index in [2.05, 4.69) is 20.0 Å². The predicted molar refractivity (Wildman–Crippen MR) is 91.0 cm³/mol. The maximum Gasteiger partial charge on any atom is 0.257 e. The molecule has 0 bridgehead atoms. The fourth-order valence-corrected chi connectivity index (χ4v) is 3.10. The number of carbonyl (C=O) groups is 1. The molecule has 1 aliphatic heterocycles. The van der Waals surface area contributed by atoms with Crippen molar-refractivity contribution in [2.75, 3.05) is 18.4 Å². The van der Waals surface area contributed by atoms with Crippen LogP contribution in [0.1, 0.15) is 28.2 Å². The lowest BCUT2D eigenvalue weighted by atomic mass is 9.98. The number of aromatic nitrogens is 2. The van der Waals surface area contributed by atoms with Crippen LogP contribution >= 0.6 is 23.9 Å². The third-order valence-electron chi connectivity index (χ3n) is 3.65. The Labute approximate surface area is 140 Å². The Balaban J connectivity index is 0.00000176. The minimum absolute atomic E-state index is 0. The standard InChI is InChI=1S/C15H18N4OS.ClH/c1-10-17-15(21-19-10)18-14(20)13-4-2-11(3-5-13)8-12-6-7-16-9-12;/h2-5,12,16H,6-9H2,1H3,(H,17,18,19,20);1H. The Bertz CT molecular complexity index is 623. The van der Waals surface area contributed by atoms with Crippen LogP contribution in [0.25, 0.3) is 0 Å². The fourth-order valence-electron chi connectivity index (χ4n) is 2.53. The maximum atomic E-state index is 12.1. The molecule has 1 aromatic carbocycles. The number of halogens is 1. The van der Waals surface area contributed by atoms with Crippen molar-refractivity contribution in [2.24, 2.45) is 5.92 Å². The molecule has 1 atom stereocenters. The number of nitrogens with zero attached hydrogens (tertiary/aromatic N) is 2. The maximum absolute atomic E-state index is 12.1. The molecule has 2 aromatic rings. The molecule has 3 rings (SSSR count). The van der Waals surface area contributed by atoms with Crippen molar-refractivity contribution >= 4 is 35.0 Å². The first-order chi connectivity index (χ1) is 10.2. The minimum Gasteiger partial charge on any atom is -0.316 e. The molecule has 118 valence electrons. The lowest BCUT2D eigenvalue weighted by Crippen LogP contribution is -2.12. The average Bonchev–Trinajstić information content (AvgIpc) is 3.12. The third-order valence-corrected chi connectivity index (χ3v) is 4.37. The summed E-state index contributed by atoms with van der Waals surface area (Å²) < 4.78 is 4.04. The van der Waals surface area contributed by atoms with Gasteiger partial charge in [0.2, 0.25) is 5.13 Å². The van der Waals surface area contributed by atoms with Crippen LogP contribution in [0.3, 0.4) is 0 Å². The molecule has 2 N–H and O–H groups in total. The van der Waals surface area contributed by atoms with E-state index >= 15 is 0 Å². The molecule has 0 radical (unpaired) electrons. The molecule has 0 saturated carbocycles. The summed E-state index contributed by atoms with van der Waals surface area (Å²) in [5, 5.41) is 6.68. The summed E-state index contributed by atoms with van der Waals surface area (Å²) in [4.78, 5) is 16.2. The van der Waals surface area contributed by atoms with E-state index in [0.717, 1.165) is 19.5 Å². The Morgan fingerprint density at radius 3 is 2.77 bits per heavy atom. The quantitative estimate of drug-likeness (QED) is 0.899. The summed E-state index contributed by atoms with van der Waals surface area (Å²) in [7, 11) is 0. The zero-order chi connectivity index (χ0) is 14.7. The van der Waals surface area contributed by atoms with Gasteiger partial charge in [0.05, 0.1) is 0 Å². The topological polar surface area (TPSA) is 66.9 Å². The van der Waals surface area contributed by atoms with Crippen molar-refractivity contribution < 1.29 is 4.79 Å². The van der Waals surface area contributed by atoms with Gasteiger partial charge in [0.15, 0.2) is 0 Å². The van der Waals surface area contributed by atoms with Gasteiger partial charge in [-0.2, -0.15) is 4.37 Å². The summed E-state index contributed by atoms with van der Waals surface area (Å²) in [5.74, 6) is 1.25. The highest BCUT2D eigenvalue weighted by molar-refractivity contribution is 7.09. The van der Waals surface area contributed by atoms with Crippen LogP contribution in [0.2, 0.25) is 0 Å². The molecule has 1 saturated heterocycles. The van der Waals surface area contributed by atoms with Crippen molar-refractivity contribution in [1.29, 1.82) is 0 Å². The molecule has 2 heterocycles. The van der Waals surface area contributed by atoms with Gasteiger partial charge in [-0.25, -0.2) is 4.98 Å². The summed E-state index contributed by atoms with van der Waals surface area (Å²) in [6.07, 6.45) is 2.31. The summed E-state index contributed by atoms with van der Waals surface area (Å²) in [6, 6.07) is 7.83. The molecule has 0 spiro atoms. The lowest BCUT2D eigenvalue weighted by molar-refractivity contribution is 0.102. The van der Waals surface area contributed by atoms with E-state index in [9.17, 15) is 4.79 Å². The Kier molecular flexibility index (Phi) is 5.88. The highest BCUT2D eigenvalue weighted by atomic mass is 35.5. The Morgan fingerprint density at radius 1 is 1.41 bits per heavy atom. The van der Waals surface area contributed by atoms with E-state index in [1.54, 1.807) is 6.92 Å². The van der Waals surface area contributed by atoms with Crippen LogP contribution in [0.15, 0.2) is 24.3 Å². The van der Waals surface area contributed by atoms with Gasteiger partial charge >= 0.3 is 0 Å². The second-order valence-electron chi connectivity index (χ2n) is 5.36. The lowest BCUT2D eigenvalue weighted by Gasteiger charge is -2.08. The largest absolute Gasteiger partial charge is 0.316 e. The van der Waals surface area contributed by atoms with E-state index < -0.39 is 0 Å². The molecule has 1 fully saturated rings. The molecule has 1 amide bonds. The molecule has 22 heavy (non-hydrogen) atoms. The summed E-state index contributed by atoms with van der Waals surface area (Å²) in [6.45, 7) is 4.02. The van der Waals surface area contributed by atoms with Crippen LogP contribution in [0, 0.1) is 12.8 Å². The monoisotopic (exact) mass is 338 g/mol. The first kappa shape index (κ1) is 16.9. The van der Waals surface area contributed by atoms with Gasteiger partial charge in [-0.3, -0.25) is 10.1 Å². The number of amides is 1. The van der Waals surface area contributed by atoms with Gasteiger partial charge in [0.1, 0.15) is 5.82 Å². The number of nitrogens with one attached hydrogen (secondary N) is 2. The van der Waals surface area contributed by atoms with Gasteiger partial charge < -0.3 is 5.32 Å². The van der Waals surface area contributed by atoms with E-state index in [4.69, 9.17) is 0 Å². The summed E-state index contributed by atoms with van der Waals surface area (Å²) >= 11 is 1.20. The van der Waals surface area contributed by atoms with Gasteiger partial charge in [-0.1, -0.05) is 12.1 Å². The van der Waals surface area contributed by atoms with Crippen LogP contribution in [0.5, 0.6) is 0 Å². The van der Waals surface area contributed by atoms with Crippen LogP contribution in [-0.4, -0.2) is 28.4 Å². The molecule has 7 heteroatoms. The van der Waals surface area contributed by atoms with Crippen molar-refractivity contribution in [3.05, 3.63) is 41.2 Å². The molecule has 1 aromatic heterocycles. The van der Waals surface area contributed by atoms with Crippen molar-refractivity contribution in [1.82, 2.24) is 14.7 Å². The number of rotatable bonds is 4. The molecular formula is C15H19ClN4OS. The SMILES string of the molecule is Cc1nsc(NC(=O)c2ccc(CC3CCNC3)cc2)n1.Cl. The molecule has 1 aliphatic rings. The van der Waals surface area contributed by atoms with Gasteiger partial charge in [0, 0.05) is 17.1 Å². The first-order valence-corrected chi connectivity index (χ1v) is 7.89. The number of carbonyl (C=O) groups excluding carboxylic acids is 1. The highest BCUT2D eigenvalue weighted by Gasteiger charge is 2.15. The highest BCUT2D eigenvalue weighted by Crippen LogP contribution is 2.17. The number of benzene rings is 1. The van der Waals surface area contributed by atoms with Crippen molar-refractivity contribution in [3.63, 3.8) is 0 Å². The van der Waals surface area contributed by atoms with Gasteiger partial charge in [0.25, 0.3) is 5.91 Å². The van der Waals surface area contributed by atoms with Crippen molar-refractivity contribution in [3.8, 4) is 0 Å². The fraction of sp³-hybridized carbons (Fsp3) is 0.400. The van der Waals surface area contributed by atoms with E-state index in [1.165, 1.54) is 23.5 Å². The molecular weight excluding hydrogens is 320 g/mol.